The molecule has 202 valence electrons. The third-order valence-corrected chi connectivity index (χ3v) is 7.94. The molecule has 4 nitrogen and oxygen atoms in total. The summed E-state index contributed by atoms with van der Waals surface area (Å²) in [6.07, 6.45) is 4.58. The second-order valence-corrected chi connectivity index (χ2v) is 10.1. The van der Waals surface area contributed by atoms with Crippen molar-refractivity contribution in [2.75, 3.05) is 26.4 Å². The molecule has 0 saturated carbocycles. The van der Waals surface area contributed by atoms with E-state index in [1.54, 1.807) is 0 Å². The number of hydrogen-bond donors (Lipinski definition) is 2. The van der Waals surface area contributed by atoms with Crippen molar-refractivity contribution in [3.05, 3.63) is 57.6 Å². The van der Waals surface area contributed by atoms with Crippen LogP contribution in [-0.2, 0) is 31.1 Å². The summed E-state index contributed by atoms with van der Waals surface area (Å²) in [5.41, 5.74) is 7.36. The molecule has 36 heavy (non-hydrogen) atoms. The number of ether oxygens (including phenoxy) is 2. The van der Waals surface area contributed by atoms with E-state index in [-0.39, 0.29) is 18.6 Å². The summed E-state index contributed by atoms with van der Waals surface area (Å²) in [6.45, 7) is 18.8. The summed E-state index contributed by atoms with van der Waals surface area (Å²) in [5, 5.41) is 18.8. The van der Waals surface area contributed by atoms with Crippen molar-refractivity contribution in [3.63, 3.8) is 0 Å². The average Bonchev–Trinajstić information content (AvgIpc) is 2.90. The highest BCUT2D eigenvalue weighted by Gasteiger charge is 2.43. The normalized spacial score (nSPS) is 12.8. The van der Waals surface area contributed by atoms with Crippen LogP contribution in [0.5, 0.6) is 11.5 Å². The van der Waals surface area contributed by atoms with Crippen LogP contribution in [-0.4, -0.2) is 36.6 Å². The summed E-state index contributed by atoms with van der Waals surface area (Å²) >= 11 is 0. The van der Waals surface area contributed by atoms with Gasteiger partial charge in [-0.3, -0.25) is 0 Å². The molecule has 0 radical (unpaired) electrons. The van der Waals surface area contributed by atoms with Gasteiger partial charge in [-0.25, -0.2) is 0 Å². The van der Waals surface area contributed by atoms with E-state index >= 15 is 0 Å². The third-order valence-electron chi connectivity index (χ3n) is 7.94. The lowest BCUT2D eigenvalue weighted by Crippen LogP contribution is -2.40. The molecule has 0 amide bonds. The fourth-order valence-corrected chi connectivity index (χ4v) is 6.00. The Bertz CT molecular complexity index is 845. The van der Waals surface area contributed by atoms with E-state index in [1.807, 2.05) is 0 Å². The lowest BCUT2D eigenvalue weighted by molar-refractivity contribution is 0.198. The summed E-state index contributed by atoms with van der Waals surface area (Å²) in [6, 6.07) is 9.47. The van der Waals surface area contributed by atoms with Crippen molar-refractivity contribution in [1.29, 1.82) is 0 Å². The Morgan fingerprint density at radius 3 is 1.19 bits per heavy atom. The molecule has 0 heterocycles. The van der Waals surface area contributed by atoms with Gasteiger partial charge in [-0.05, 0) is 70.9 Å². The van der Waals surface area contributed by atoms with E-state index < -0.39 is 0 Å². The quantitative estimate of drug-likeness (QED) is 0.288. The summed E-state index contributed by atoms with van der Waals surface area (Å²) in [7, 11) is 0. The highest BCUT2D eigenvalue weighted by atomic mass is 16.5. The lowest BCUT2D eigenvalue weighted by Gasteiger charge is -2.45. The maximum Gasteiger partial charge on any atom is 0.125 e. The molecule has 2 aromatic carbocycles. The van der Waals surface area contributed by atoms with Gasteiger partial charge in [-0.2, -0.15) is 0 Å². The minimum Gasteiger partial charge on any atom is -0.491 e. The molecule has 1 atom stereocenters. The Hall–Kier alpha value is -2.04. The first-order chi connectivity index (χ1) is 17.3. The summed E-state index contributed by atoms with van der Waals surface area (Å²) < 4.78 is 12.1. The molecule has 2 aromatic rings. The zero-order chi connectivity index (χ0) is 26.9. The first-order valence-electron chi connectivity index (χ1n) is 14.1. The first-order valence-corrected chi connectivity index (χ1v) is 14.1. The third kappa shape index (κ3) is 5.92. The summed E-state index contributed by atoms with van der Waals surface area (Å²) in [5.74, 6) is 2.66. The van der Waals surface area contributed by atoms with Crippen molar-refractivity contribution in [3.8, 4) is 11.5 Å². The van der Waals surface area contributed by atoms with Crippen molar-refractivity contribution >= 4 is 0 Å². The van der Waals surface area contributed by atoms with Crippen LogP contribution in [0.4, 0.5) is 0 Å². The molecule has 0 aliphatic rings. The van der Waals surface area contributed by atoms with Crippen molar-refractivity contribution in [2.24, 2.45) is 11.8 Å². The van der Waals surface area contributed by atoms with Gasteiger partial charge in [0.15, 0.2) is 0 Å². The second-order valence-electron chi connectivity index (χ2n) is 10.1. The van der Waals surface area contributed by atoms with E-state index in [9.17, 15) is 10.2 Å². The van der Waals surface area contributed by atoms with Gasteiger partial charge < -0.3 is 19.7 Å². The predicted molar refractivity (Wildman–Crippen MR) is 151 cm³/mol. The van der Waals surface area contributed by atoms with Gasteiger partial charge in [-0.1, -0.05) is 86.1 Å². The van der Waals surface area contributed by atoms with Crippen LogP contribution in [0.25, 0.3) is 0 Å². The second kappa shape index (κ2) is 14.0. The van der Waals surface area contributed by atoms with Gasteiger partial charge in [-0.15, -0.1) is 0 Å². The molecule has 0 aliphatic heterocycles. The largest absolute Gasteiger partial charge is 0.491 e. The molecule has 0 bridgehead atoms. The van der Waals surface area contributed by atoms with Crippen molar-refractivity contribution in [2.45, 2.75) is 92.9 Å². The molecule has 0 aromatic heterocycles. The van der Waals surface area contributed by atoms with E-state index in [1.165, 1.54) is 33.4 Å². The van der Waals surface area contributed by atoms with Crippen LogP contribution >= 0.6 is 0 Å². The van der Waals surface area contributed by atoms with Crippen LogP contribution in [0.15, 0.2) is 24.3 Å². The number of benzene rings is 2. The molecular formula is C32H50O4. The van der Waals surface area contributed by atoms with Crippen LogP contribution in [0.3, 0.4) is 0 Å². The highest BCUT2D eigenvalue weighted by Crippen LogP contribution is 2.50. The fraction of sp³-hybridized carbons (Fsp3) is 0.625. The first kappa shape index (κ1) is 30.2. The van der Waals surface area contributed by atoms with E-state index in [2.05, 4.69) is 79.7 Å². The predicted octanol–water partition coefficient (Wildman–Crippen LogP) is 6.67. The van der Waals surface area contributed by atoms with Crippen LogP contribution in [0.2, 0.25) is 0 Å². The number of aryl methyl sites for hydroxylation is 4. The summed E-state index contributed by atoms with van der Waals surface area (Å²) in [4.78, 5) is 0. The van der Waals surface area contributed by atoms with Crippen LogP contribution in [0.1, 0.15) is 95.2 Å². The molecule has 4 heteroatoms. The van der Waals surface area contributed by atoms with Gasteiger partial charge in [0.05, 0.1) is 13.2 Å². The molecule has 0 saturated heterocycles. The monoisotopic (exact) mass is 498 g/mol. The Labute approximate surface area is 220 Å². The van der Waals surface area contributed by atoms with Crippen LogP contribution < -0.4 is 9.47 Å². The number of rotatable bonds is 15. The van der Waals surface area contributed by atoms with Gasteiger partial charge in [0.2, 0.25) is 0 Å². The van der Waals surface area contributed by atoms with Crippen molar-refractivity contribution < 1.29 is 19.7 Å². The molecule has 2 rings (SSSR count). The number of hydrogen-bond acceptors (Lipinski definition) is 4. The van der Waals surface area contributed by atoms with Gasteiger partial charge >= 0.3 is 0 Å². The van der Waals surface area contributed by atoms with Crippen LogP contribution in [0, 0.1) is 11.8 Å². The minimum absolute atomic E-state index is 0.0150. The Morgan fingerprint density at radius 2 is 0.972 bits per heavy atom. The Morgan fingerprint density at radius 1 is 0.639 bits per heavy atom. The van der Waals surface area contributed by atoms with E-state index in [4.69, 9.17) is 9.47 Å². The minimum atomic E-state index is -0.179. The average molecular weight is 499 g/mol. The van der Waals surface area contributed by atoms with Crippen molar-refractivity contribution in [1.82, 2.24) is 0 Å². The highest BCUT2D eigenvalue weighted by molar-refractivity contribution is 5.55. The molecule has 0 fully saturated rings. The fourth-order valence-electron chi connectivity index (χ4n) is 6.00. The Balaban J connectivity index is 2.94. The van der Waals surface area contributed by atoms with Gasteiger partial charge in [0.25, 0.3) is 0 Å². The zero-order valence-corrected chi connectivity index (χ0v) is 24.0. The molecular weight excluding hydrogens is 448 g/mol. The molecule has 2 N–H and O–H groups in total. The zero-order valence-electron chi connectivity index (χ0n) is 24.0. The number of aliphatic hydroxyl groups is 2. The lowest BCUT2D eigenvalue weighted by atomic mass is 9.58. The van der Waals surface area contributed by atoms with Gasteiger partial charge in [0, 0.05) is 5.41 Å². The maximum atomic E-state index is 9.39. The molecule has 1 unspecified atom stereocenters. The number of aliphatic hydroxyl groups excluding tert-OH is 2. The van der Waals surface area contributed by atoms with E-state index in [0.29, 0.717) is 25.0 Å². The Kier molecular flexibility index (Phi) is 11.8. The standard InChI is InChI=1S/C32H50O4/c1-9-23(8)32(22(6)7,28-18-24(10-2)30(35-16-14-33)25(11-3)19-28)29-20-26(12-4)31(36-17-15-34)27(13-5)21-29/h18-23,33-34H,9-17H2,1-8H3. The maximum absolute atomic E-state index is 9.39. The van der Waals surface area contributed by atoms with Gasteiger partial charge in [0.1, 0.15) is 24.7 Å². The molecule has 0 aliphatic carbocycles. The van der Waals surface area contributed by atoms with E-state index in [0.717, 1.165) is 43.6 Å². The topological polar surface area (TPSA) is 58.9 Å². The smallest absolute Gasteiger partial charge is 0.125 e. The molecule has 0 spiro atoms. The SMILES string of the molecule is CCc1cc(C(c2cc(CC)c(OCCO)c(CC)c2)(C(C)C)C(C)CC)cc(CC)c1OCCO.